The van der Waals surface area contributed by atoms with Crippen molar-refractivity contribution in [1.82, 2.24) is 25.8 Å². The molecule has 1 heterocycles. The first-order valence-electron chi connectivity index (χ1n) is 5.80. The maximum Gasteiger partial charge on any atom is 0.253 e. The van der Waals surface area contributed by atoms with E-state index in [0.29, 0.717) is 16.4 Å². The fourth-order valence-corrected chi connectivity index (χ4v) is 1.68. The zero-order valence-corrected chi connectivity index (χ0v) is 11.1. The number of aromatic amines is 1. The molecule has 3 N–H and O–H groups in total. The summed E-state index contributed by atoms with van der Waals surface area (Å²) in [5.74, 6) is -0.192. The third-order valence-corrected chi connectivity index (χ3v) is 2.78. The highest BCUT2D eigenvalue weighted by Crippen LogP contribution is 2.14. The SMILES string of the molecule is O=C(CNC(=O)c1ccccc1Cl)NCc1ncn[nH]1. The lowest BCUT2D eigenvalue weighted by Crippen LogP contribution is -2.36. The summed E-state index contributed by atoms with van der Waals surface area (Å²) in [7, 11) is 0. The van der Waals surface area contributed by atoms with Crippen molar-refractivity contribution in [1.29, 1.82) is 0 Å². The molecule has 104 valence electrons. The lowest BCUT2D eigenvalue weighted by atomic mass is 10.2. The van der Waals surface area contributed by atoms with Gasteiger partial charge in [0.2, 0.25) is 5.91 Å². The highest BCUT2D eigenvalue weighted by Gasteiger charge is 2.10. The molecule has 2 aromatic rings. The highest BCUT2D eigenvalue weighted by atomic mass is 35.5. The molecule has 0 atom stereocenters. The standard InChI is InChI=1S/C12H12ClN5O2/c13-9-4-2-1-3-8(9)12(20)15-6-11(19)14-5-10-16-7-17-18-10/h1-4,7H,5-6H2,(H,14,19)(H,15,20)(H,16,17,18). The Bertz CT molecular complexity index is 600. The fraction of sp³-hybridized carbons (Fsp3) is 0.167. The molecule has 0 fully saturated rings. The van der Waals surface area contributed by atoms with Crippen molar-refractivity contribution in [2.75, 3.05) is 6.54 Å². The van der Waals surface area contributed by atoms with Gasteiger partial charge in [0.05, 0.1) is 23.7 Å². The van der Waals surface area contributed by atoms with Crippen LogP contribution in [0.15, 0.2) is 30.6 Å². The monoisotopic (exact) mass is 293 g/mol. The summed E-state index contributed by atoms with van der Waals surface area (Å²) in [6, 6.07) is 6.62. The summed E-state index contributed by atoms with van der Waals surface area (Å²) in [6.07, 6.45) is 1.35. The molecule has 0 saturated heterocycles. The molecule has 2 amide bonds. The van der Waals surface area contributed by atoms with Crippen molar-refractivity contribution in [3.63, 3.8) is 0 Å². The molecule has 0 radical (unpaired) electrons. The number of aromatic nitrogens is 3. The predicted octanol–water partition coefficient (Wildman–Crippen LogP) is 0.504. The van der Waals surface area contributed by atoms with Crippen LogP contribution in [-0.2, 0) is 11.3 Å². The molecule has 0 aliphatic carbocycles. The van der Waals surface area contributed by atoms with E-state index in [-0.39, 0.29) is 19.0 Å². The van der Waals surface area contributed by atoms with E-state index in [1.807, 2.05) is 0 Å². The van der Waals surface area contributed by atoms with Crippen LogP contribution in [0.25, 0.3) is 0 Å². The smallest absolute Gasteiger partial charge is 0.253 e. The van der Waals surface area contributed by atoms with Gasteiger partial charge in [0.25, 0.3) is 5.91 Å². The molecular weight excluding hydrogens is 282 g/mol. The molecule has 1 aromatic carbocycles. The number of nitrogens with zero attached hydrogens (tertiary/aromatic N) is 2. The Hall–Kier alpha value is -2.41. The topological polar surface area (TPSA) is 99.8 Å². The van der Waals surface area contributed by atoms with Gasteiger partial charge in [0.1, 0.15) is 12.2 Å². The minimum Gasteiger partial charge on any atom is -0.347 e. The number of benzene rings is 1. The minimum absolute atomic E-state index is 0.141. The van der Waals surface area contributed by atoms with Gasteiger partial charge in [-0.05, 0) is 12.1 Å². The van der Waals surface area contributed by atoms with Gasteiger partial charge in [-0.1, -0.05) is 23.7 Å². The average Bonchev–Trinajstić information content (AvgIpc) is 2.96. The minimum atomic E-state index is -0.398. The van der Waals surface area contributed by atoms with E-state index in [2.05, 4.69) is 25.8 Å². The van der Waals surface area contributed by atoms with Crippen molar-refractivity contribution < 1.29 is 9.59 Å². The Kier molecular flexibility index (Phi) is 4.67. The van der Waals surface area contributed by atoms with Gasteiger partial charge in [0, 0.05) is 0 Å². The lowest BCUT2D eigenvalue weighted by molar-refractivity contribution is -0.120. The Balaban J connectivity index is 1.78. The molecule has 8 heteroatoms. The largest absolute Gasteiger partial charge is 0.347 e. The Morgan fingerprint density at radius 2 is 2.05 bits per heavy atom. The third-order valence-electron chi connectivity index (χ3n) is 2.45. The molecule has 0 saturated carbocycles. The van der Waals surface area contributed by atoms with Crippen LogP contribution < -0.4 is 10.6 Å². The van der Waals surface area contributed by atoms with E-state index in [9.17, 15) is 9.59 Å². The maximum absolute atomic E-state index is 11.8. The van der Waals surface area contributed by atoms with Gasteiger partial charge in [0.15, 0.2) is 0 Å². The van der Waals surface area contributed by atoms with Gasteiger partial charge in [-0.15, -0.1) is 0 Å². The summed E-state index contributed by atoms with van der Waals surface area (Å²) < 4.78 is 0. The lowest BCUT2D eigenvalue weighted by Gasteiger charge is -2.06. The van der Waals surface area contributed by atoms with Crippen molar-refractivity contribution in [2.45, 2.75) is 6.54 Å². The first-order chi connectivity index (χ1) is 9.66. The summed E-state index contributed by atoms with van der Waals surface area (Å²) in [6.45, 7) is 0.0823. The summed E-state index contributed by atoms with van der Waals surface area (Å²) in [4.78, 5) is 27.2. The molecule has 7 nitrogen and oxygen atoms in total. The van der Waals surface area contributed by atoms with Crippen molar-refractivity contribution in [2.24, 2.45) is 0 Å². The van der Waals surface area contributed by atoms with E-state index >= 15 is 0 Å². The second kappa shape index (κ2) is 6.67. The van der Waals surface area contributed by atoms with Crippen LogP contribution in [0.3, 0.4) is 0 Å². The van der Waals surface area contributed by atoms with Gasteiger partial charge in [-0.2, -0.15) is 5.10 Å². The van der Waals surface area contributed by atoms with Crippen LogP contribution in [-0.4, -0.2) is 33.5 Å². The van der Waals surface area contributed by atoms with Crippen LogP contribution in [0.4, 0.5) is 0 Å². The van der Waals surface area contributed by atoms with E-state index in [1.54, 1.807) is 24.3 Å². The van der Waals surface area contributed by atoms with Gasteiger partial charge in [-0.3, -0.25) is 14.7 Å². The summed E-state index contributed by atoms with van der Waals surface area (Å²) in [5.41, 5.74) is 0.331. The van der Waals surface area contributed by atoms with Crippen molar-refractivity contribution in [3.8, 4) is 0 Å². The fourth-order valence-electron chi connectivity index (χ4n) is 1.46. The highest BCUT2D eigenvalue weighted by molar-refractivity contribution is 6.33. The first kappa shape index (κ1) is 14.0. The van der Waals surface area contributed by atoms with Crippen LogP contribution >= 0.6 is 11.6 Å². The number of hydrogen-bond donors (Lipinski definition) is 3. The number of carbonyl (C=O) groups is 2. The van der Waals surface area contributed by atoms with E-state index in [0.717, 1.165) is 0 Å². The zero-order valence-electron chi connectivity index (χ0n) is 10.4. The molecule has 2 rings (SSSR count). The number of H-pyrrole nitrogens is 1. The number of nitrogens with one attached hydrogen (secondary N) is 3. The number of hydrogen-bond acceptors (Lipinski definition) is 4. The van der Waals surface area contributed by atoms with E-state index < -0.39 is 5.91 Å². The van der Waals surface area contributed by atoms with Gasteiger partial charge >= 0.3 is 0 Å². The molecule has 20 heavy (non-hydrogen) atoms. The maximum atomic E-state index is 11.8. The third kappa shape index (κ3) is 3.79. The Labute approximate surface area is 119 Å². The number of amides is 2. The zero-order chi connectivity index (χ0) is 14.4. The first-order valence-corrected chi connectivity index (χ1v) is 6.18. The Morgan fingerprint density at radius 1 is 1.25 bits per heavy atom. The number of halogens is 1. The Morgan fingerprint density at radius 3 is 2.75 bits per heavy atom. The van der Waals surface area contributed by atoms with Crippen molar-refractivity contribution in [3.05, 3.63) is 47.0 Å². The quantitative estimate of drug-likeness (QED) is 0.747. The normalized spacial score (nSPS) is 10.1. The van der Waals surface area contributed by atoms with E-state index in [1.165, 1.54) is 6.33 Å². The second-order valence-electron chi connectivity index (χ2n) is 3.87. The van der Waals surface area contributed by atoms with Crippen LogP contribution in [0.1, 0.15) is 16.2 Å². The van der Waals surface area contributed by atoms with Crippen LogP contribution in [0, 0.1) is 0 Å². The second-order valence-corrected chi connectivity index (χ2v) is 4.28. The number of rotatable bonds is 5. The van der Waals surface area contributed by atoms with E-state index in [4.69, 9.17) is 11.6 Å². The van der Waals surface area contributed by atoms with Crippen LogP contribution in [0.2, 0.25) is 5.02 Å². The molecule has 1 aromatic heterocycles. The average molecular weight is 294 g/mol. The van der Waals surface area contributed by atoms with Gasteiger partial charge in [-0.25, -0.2) is 4.98 Å². The molecule has 0 spiro atoms. The van der Waals surface area contributed by atoms with Gasteiger partial charge < -0.3 is 10.6 Å². The summed E-state index contributed by atoms with van der Waals surface area (Å²) in [5, 5.41) is 11.7. The van der Waals surface area contributed by atoms with Crippen LogP contribution in [0.5, 0.6) is 0 Å². The summed E-state index contributed by atoms with van der Waals surface area (Å²) >= 11 is 5.88. The predicted molar refractivity (Wildman–Crippen MR) is 72.0 cm³/mol. The number of carbonyl (C=O) groups excluding carboxylic acids is 2. The van der Waals surface area contributed by atoms with Crippen molar-refractivity contribution >= 4 is 23.4 Å². The molecule has 0 aliphatic heterocycles. The molecular formula is C12H12ClN5O2. The molecule has 0 aliphatic rings. The molecule has 0 unspecified atom stereocenters. The molecule has 0 bridgehead atoms.